The lowest BCUT2D eigenvalue weighted by Crippen LogP contribution is -2.41. The molecule has 0 aliphatic carbocycles. The van der Waals surface area contributed by atoms with Crippen molar-refractivity contribution in [3.05, 3.63) is 58.9 Å². The summed E-state index contributed by atoms with van der Waals surface area (Å²) in [6.07, 6.45) is 1.76. The molecule has 1 aromatic heterocycles. The van der Waals surface area contributed by atoms with Crippen LogP contribution in [0.2, 0.25) is 5.02 Å². The number of piperidine rings is 1. The SMILES string of the molecule is COc1ccccc1-c1nc(C2CCCN(C(=O)COc3ccc(Cl)cc3C)C2)no1. The molecule has 31 heavy (non-hydrogen) atoms. The molecule has 0 spiro atoms. The molecule has 4 rings (SSSR count). The average molecular weight is 442 g/mol. The van der Waals surface area contributed by atoms with Gasteiger partial charge in [0.2, 0.25) is 0 Å². The Balaban J connectivity index is 1.40. The van der Waals surface area contributed by atoms with Crippen LogP contribution in [-0.4, -0.2) is 47.8 Å². The van der Waals surface area contributed by atoms with E-state index in [9.17, 15) is 4.79 Å². The zero-order valence-corrected chi connectivity index (χ0v) is 18.3. The van der Waals surface area contributed by atoms with Gasteiger partial charge < -0.3 is 18.9 Å². The number of benzene rings is 2. The Morgan fingerprint density at radius 3 is 2.90 bits per heavy atom. The van der Waals surface area contributed by atoms with Crippen molar-refractivity contribution in [2.24, 2.45) is 0 Å². The Bertz CT molecular complexity index is 1070. The highest BCUT2D eigenvalue weighted by atomic mass is 35.5. The number of ether oxygens (including phenoxy) is 2. The number of rotatable bonds is 6. The van der Waals surface area contributed by atoms with E-state index in [0.717, 1.165) is 24.0 Å². The van der Waals surface area contributed by atoms with Gasteiger partial charge in [-0.2, -0.15) is 4.98 Å². The van der Waals surface area contributed by atoms with E-state index in [0.29, 0.717) is 41.3 Å². The van der Waals surface area contributed by atoms with Gasteiger partial charge in [0.25, 0.3) is 11.8 Å². The van der Waals surface area contributed by atoms with Crippen molar-refractivity contribution in [1.29, 1.82) is 0 Å². The maximum Gasteiger partial charge on any atom is 0.261 e. The number of amides is 1. The summed E-state index contributed by atoms with van der Waals surface area (Å²) < 4.78 is 16.6. The number of hydrogen-bond donors (Lipinski definition) is 0. The van der Waals surface area contributed by atoms with Crippen molar-refractivity contribution in [3.63, 3.8) is 0 Å². The van der Waals surface area contributed by atoms with Gasteiger partial charge in [-0.3, -0.25) is 4.79 Å². The average Bonchev–Trinajstić information content (AvgIpc) is 3.28. The van der Waals surface area contributed by atoms with E-state index in [-0.39, 0.29) is 18.4 Å². The first-order chi connectivity index (χ1) is 15.0. The van der Waals surface area contributed by atoms with Gasteiger partial charge in [-0.15, -0.1) is 0 Å². The van der Waals surface area contributed by atoms with Crippen LogP contribution in [0, 0.1) is 6.92 Å². The van der Waals surface area contributed by atoms with E-state index in [1.54, 1.807) is 24.1 Å². The molecule has 1 unspecified atom stereocenters. The Morgan fingerprint density at radius 2 is 2.10 bits per heavy atom. The summed E-state index contributed by atoms with van der Waals surface area (Å²) in [5, 5.41) is 4.82. The lowest BCUT2D eigenvalue weighted by molar-refractivity contribution is -0.134. The molecule has 1 amide bonds. The van der Waals surface area contributed by atoms with Crippen molar-refractivity contribution in [2.45, 2.75) is 25.7 Å². The Hall–Kier alpha value is -3.06. The highest BCUT2D eigenvalue weighted by Gasteiger charge is 2.28. The van der Waals surface area contributed by atoms with Gasteiger partial charge in [0.1, 0.15) is 11.5 Å². The topological polar surface area (TPSA) is 77.7 Å². The number of carbonyl (C=O) groups excluding carboxylic acids is 1. The van der Waals surface area contributed by atoms with Crippen LogP contribution in [0.5, 0.6) is 11.5 Å². The number of nitrogens with zero attached hydrogens (tertiary/aromatic N) is 3. The molecule has 2 aromatic carbocycles. The molecule has 3 aromatic rings. The lowest BCUT2D eigenvalue weighted by atomic mass is 9.97. The van der Waals surface area contributed by atoms with Gasteiger partial charge in [-0.1, -0.05) is 28.9 Å². The monoisotopic (exact) mass is 441 g/mol. The van der Waals surface area contributed by atoms with Crippen molar-refractivity contribution >= 4 is 17.5 Å². The quantitative estimate of drug-likeness (QED) is 0.560. The molecule has 0 N–H and O–H groups in total. The molecule has 7 nitrogen and oxygen atoms in total. The van der Waals surface area contributed by atoms with Gasteiger partial charge in [0.15, 0.2) is 12.4 Å². The minimum Gasteiger partial charge on any atom is -0.496 e. The number of methoxy groups -OCH3 is 1. The van der Waals surface area contributed by atoms with Gasteiger partial charge in [0.05, 0.1) is 12.7 Å². The highest BCUT2D eigenvalue weighted by Crippen LogP contribution is 2.31. The first kappa shape index (κ1) is 21.2. The number of likely N-dealkylation sites (tertiary alicyclic amines) is 1. The van der Waals surface area contributed by atoms with Crippen LogP contribution < -0.4 is 9.47 Å². The fraction of sp³-hybridized carbons (Fsp3) is 0.348. The van der Waals surface area contributed by atoms with Crippen molar-refractivity contribution < 1.29 is 18.8 Å². The predicted molar refractivity (Wildman–Crippen MR) is 117 cm³/mol. The number of aromatic nitrogens is 2. The van der Waals surface area contributed by atoms with Crippen LogP contribution >= 0.6 is 11.6 Å². The third kappa shape index (κ3) is 4.82. The number of hydrogen-bond acceptors (Lipinski definition) is 6. The second kappa shape index (κ2) is 9.39. The molecule has 2 heterocycles. The van der Waals surface area contributed by atoms with E-state index in [1.165, 1.54) is 0 Å². The molecule has 162 valence electrons. The van der Waals surface area contributed by atoms with E-state index >= 15 is 0 Å². The summed E-state index contributed by atoms with van der Waals surface area (Å²) in [6, 6.07) is 12.9. The summed E-state index contributed by atoms with van der Waals surface area (Å²) in [5.74, 6) is 2.30. The van der Waals surface area contributed by atoms with E-state index in [2.05, 4.69) is 10.1 Å². The molecule has 8 heteroatoms. The molecule has 1 atom stereocenters. The molecule has 1 aliphatic heterocycles. The molecule has 0 saturated carbocycles. The van der Waals surface area contributed by atoms with Crippen LogP contribution in [0.1, 0.15) is 30.1 Å². The Morgan fingerprint density at radius 1 is 1.26 bits per heavy atom. The standard InChI is InChI=1S/C23H24ClN3O4/c1-15-12-17(24)9-10-19(15)30-14-21(28)27-11-5-6-16(13-27)22-25-23(31-26-22)18-7-3-4-8-20(18)29-2/h3-4,7-10,12,16H,5-6,11,13-14H2,1-2H3. The molecular formula is C23H24ClN3O4. The van der Waals surface area contributed by atoms with Crippen LogP contribution in [0.4, 0.5) is 0 Å². The lowest BCUT2D eigenvalue weighted by Gasteiger charge is -2.31. The fourth-order valence-corrected chi connectivity index (χ4v) is 3.98. The highest BCUT2D eigenvalue weighted by molar-refractivity contribution is 6.30. The smallest absolute Gasteiger partial charge is 0.261 e. The number of carbonyl (C=O) groups is 1. The predicted octanol–water partition coefficient (Wildman–Crippen LogP) is 4.49. The van der Waals surface area contributed by atoms with Gasteiger partial charge >= 0.3 is 0 Å². The first-order valence-corrected chi connectivity index (χ1v) is 10.6. The van der Waals surface area contributed by atoms with Crippen molar-refractivity contribution in [2.75, 3.05) is 26.8 Å². The molecule has 1 aliphatic rings. The summed E-state index contributed by atoms with van der Waals surface area (Å²) in [5.41, 5.74) is 1.65. The van der Waals surface area contributed by atoms with Crippen LogP contribution in [0.25, 0.3) is 11.5 Å². The van der Waals surface area contributed by atoms with Gasteiger partial charge in [-0.25, -0.2) is 0 Å². The van der Waals surface area contributed by atoms with Gasteiger partial charge in [-0.05, 0) is 55.7 Å². The molecule has 1 saturated heterocycles. The maximum absolute atomic E-state index is 12.7. The molecule has 0 radical (unpaired) electrons. The molecule has 1 fully saturated rings. The summed E-state index contributed by atoms with van der Waals surface area (Å²) in [4.78, 5) is 19.1. The summed E-state index contributed by atoms with van der Waals surface area (Å²) >= 11 is 5.98. The second-order valence-electron chi connectivity index (χ2n) is 7.54. The zero-order valence-electron chi connectivity index (χ0n) is 17.5. The van der Waals surface area contributed by atoms with Crippen LogP contribution in [0.15, 0.2) is 47.0 Å². The Kier molecular flexibility index (Phi) is 6.42. The van der Waals surface area contributed by atoms with Crippen molar-refractivity contribution in [3.8, 4) is 23.0 Å². The first-order valence-electron chi connectivity index (χ1n) is 10.2. The van der Waals surface area contributed by atoms with E-state index in [4.69, 9.17) is 25.6 Å². The summed E-state index contributed by atoms with van der Waals surface area (Å²) in [6.45, 7) is 3.11. The fourth-order valence-electron chi connectivity index (χ4n) is 3.75. The maximum atomic E-state index is 12.7. The zero-order chi connectivity index (χ0) is 21.8. The largest absolute Gasteiger partial charge is 0.496 e. The minimum atomic E-state index is -0.0625. The molecule has 0 bridgehead atoms. The Labute approximate surface area is 185 Å². The minimum absolute atomic E-state index is 0.0159. The van der Waals surface area contributed by atoms with Crippen LogP contribution in [0.3, 0.4) is 0 Å². The van der Waals surface area contributed by atoms with E-state index < -0.39 is 0 Å². The number of halogens is 1. The van der Waals surface area contributed by atoms with E-state index in [1.807, 2.05) is 37.3 Å². The van der Waals surface area contributed by atoms with Gasteiger partial charge in [0, 0.05) is 24.0 Å². The number of aryl methyl sites for hydroxylation is 1. The number of para-hydroxylation sites is 1. The summed E-state index contributed by atoms with van der Waals surface area (Å²) in [7, 11) is 1.61. The molecular weight excluding hydrogens is 418 g/mol. The normalized spacial score (nSPS) is 16.2. The second-order valence-corrected chi connectivity index (χ2v) is 7.97. The third-order valence-electron chi connectivity index (χ3n) is 5.41. The van der Waals surface area contributed by atoms with Crippen molar-refractivity contribution in [1.82, 2.24) is 15.0 Å². The third-order valence-corrected chi connectivity index (χ3v) is 5.64. The van der Waals surface area contributed by atoms with Crippen LogP contribution in [-0.2, 0) is 4.79 Å².